The predicted octanol–water partition coefficient (Wildman–Crippen LogP) is 1.32. The summed E-state index contributed by atoms with van der Waals surface area (Å²) in [7, 11) is 1.61. The van der Waals surface area contributed by atoms with Crippen LogP contribution in [0.25, 0.3) is 10.9 Å². The molecule has 4 heteroatoms. The number of methoxy groups -OCH3 is 1. The fraction of sp³-hybridized carbons (Fsp3) is 0.182. The number of rotatable bonds is 3. The van der Waals surface area contributed by atoms with Crippen LogP contribution in [0.2, 0.25) is 0 Å². The molecule has 1 aromatic carbocycles. The second-order valence-electron chi connectivity index (χ2n) is 3.24. The van der Waals surface area contributed by atoms with Crippen LogP contribution in [0.5, 0.6) is 5.75 Å². The van der Waals surface area contributed by atoms with E-state index in [1.165, 1.54) is 0 Å². The number of carbonyl (C=O) groups excluding carboxylic acids is 1. The Kier molecular flexibility index (Phi) is 2.43. The Morgan fingerprint density at radius 2 is 2.33 bits per heavy atom. The van der Waals surface area contributed by atoms with Crippen LogP contribution < -0.4 is 10.5 Å². The quantitative estimate of drug-likeness (QED) is 0.741. The molecule has 0 amide bonds. The molecule has 1 aromatic heterocycles. The molecule has 3 N–H and O–H groups in total. The summed E-state index contributed by atoms with van der Waals surface area (Å²) in [5.74, 6) is 0.697. The van der Waals surface area contributed by atoms with Gasteiger partial charge in [-0.15, -0.1) is 0 Å². The lowest BCUT2D eigenvalue weighted by Gasteiger charge is -1.99. The highest BCUT2D eigenvalue weighted by Crippen LogP contribution is 2.23. The molecule has 0 aliphatic carbocycles. The molecule has 0 saturated heterocycles. The van der Waals surface area contributed by atoms with Gasteiger partial charge in [-0.05, 0) is 12.1 Å². The summed E-state index contributed by atoms with van der Waals surface area (Å²) in [6, 6.07) is 5.53. The minimum absolute atomic E-state index is 0.0268. The Morgan fingerprint density at radius 3 is 3.00 bits per heavy atom. The van der Waals surface area contributed by atoms with Gasteiger partial charge in [-0.25, -0.2) is 0 Å². The van der Waals surface area contributed by atoms with Crippen LogP contribution in [0.4, 0.5) is 0 Å². The van der Waals surface area contributed by atoms with Crippen molar-refractivity contribution >= 4 is 16.7 Å². The molecule has 2 aromatic rings. The lowest BCUT2D eigenvalue weighted by atomic mass is 10.1. The molecule has 78 valence electrons. The van der Waals surface area contributed by atoms with Gasteiger partial charge in [-0.2, -0.15) is 0 Å². The zero-order chi connectivity index (χ0) is 10.8. The summed E-state index contributed by atoms with van der Waals surface area (Å²) in [4.78, 5) is 14.5. The summed E-state index contributed by atoms with van der Waals surface area (Å²) >= 11 is 0. The zero-order valence-electron chi connectivity index (χ0n) is 8.41. The van der Waals surface area contributed by atoms with E-state index in [1.54, 1.807) is 13.3 Å². The molecule has 0 aliphatic heterocycles. The van der Waals surface area contributed by atoms with Gasteiger partial charge in [-0.1, -0.05) is 0 Å². The second-order valence-corrected chi connectivity index (χ2v) is 3.24. The Morgan fingerprint density at radius 1 is 1.53 bits per heavy atom. The summed E-state index contributed by atoms with van der Waals surface area (Å²) < 4.78 is 5.09. The highest BCUT2D eigenvalue weighted by Gasteiger charge is 2.10. The minimum atomic E-state index is -0.0635. The Balaban J connectivity index is 2.57. The van der Waals surface area contributed by atoms with Gasteiger partial charge in [-0.3, -0.25) is 4.79 Å². The van der Waals surface area contributed by atoms with Gasteiger partial charge in [0.05, 0.1) is 13.7 Å². The van der Waals surface area contributed by atoms with Crippen molar-refractivity contribution in [3.05, 3.63) is 30.0 Å². The van der Waals surface area contributed by atoms with Gasteiger partial charge in [0.1, 0.15) is 5.75 Å². The maximum absolute atomic E-state index is 11.5. The van der Waals surface area contributed by atoms with Crippen molar-refractivity contribution in [2.24, 2.45) is 5.73 Å². The molecule has 1 heterocycles. The Hall–Kier alpha value is -1.81. The highest BCUT2D eigenvalue weighted by atomic mass is 16.5. The van der Waals surface area contributed by atoms with Crippen LogP contribution in [0.1, 0.15) is 10.4 Å². The Bertz CT molecular complexity index is 502. The number of fused-ring (bicyclic) bond motifs is 1. The van der Waals surface area contributed by atoms with Gasteiger partial charge < -0.3 is 15.5 Å². The molecule has 0 unspecified atom stereocenters. The first kappa shape index (κ1) is 9.73. The summed E-state index contributed by atoms with van der Waals surface area (Å²) in [6.07, 6.45) is 1.68. The Labute approximate surface area is 87.0 Å². The molecule has 0 bridgehead atoms. The van der Waals surface area contributed by atoms with E-state index in [4.69, 9.17) is 10.5 Å². The number of aromatic amines is 1. The number of ether oxygens (including phenoxy) is 1. The SMILES string of the molecule is COc1ccc2c(C(=O)CN)c[nH]c2c1. The number of hydrogen-bond donors (Lipinski definition) is 2. The molecular formula is C11H12N2O2. The van der Waals surface area contributed by atoms with E-state index in [2.05, 4.69) is 4.98 Å². The number of carbonyl (C=O) groups is 1. The maximum atomic E-state index is 11.5. The largest absolute Gasteiger partial charge is 0.497 e. The molecule has 15 heavy (non-hydrogen) atoms. The van der Waals surface area contributed by atoms with Crippen LogP contribution in [-0.2, 0) is 0 Å². The van der Waals surface area contributed by atoms with Crippen molar-refractivity contribution in [2.45, 2.75) is 0 Å². The maximum Gasteiger partial charge on any atom is 0.178 e. The number of benzene rings is 1. The molecule has 0 aliphatic rings. The smallest absolute Gasteiger partial charge is 0.178 e. The molecule has 2 rings (SSSR count). The topological polar surface area (TPSA) is 68.1 Å². The van der Waals surface area contributed by atoms with E-state index in [-0.39, 0.29) is 12.3 Å². The van der Waals surface area contributed by atoms with E-state index in [0.29, 0.717) is 5.56 Å². The van der Waals surface area contributed by atoms with Gasteiger partial charge in [0, 0.05) is 28.7 Å². The van der Waals surface area contributed by atoms with Gasteiger partial charge in [0.25, 0.3) is 0 Å². The van der Waals surface area contributed by atoms with E-state index in [1.807, 2.05) is 18.2 Å². The van der Waals surface area contributed by atoms with Gasteiger partial charge in [0.15, 0.2) is 5.78 Å². The number of H-pyrrole nitrogens is 1. The van der Waals surface area contributed by atoms with E-state index in [0.717, 1.165) is 16.7 Å². The predicted molar refractivity (Wildman–Crippen MR) is 58.2 cm³/mol. The van der Waals surface area contributed by atoms with Crippen molar-refractivity contribution in [2.75, 3.05) is 13.7 Å². The monoisotopic (exact) mass is 204 g/mol. The third-order valence-electron chi connectivity index (χ3n) is 2.37. The standard InChI is InChI=1S/C11H12N2O2/c1-15-7-2-3-8-9(11(14)5-12)6-13-10(8)4-7/h2-4,6,13H,5,12H2,1H3. The molecule has 0 saturated carbocycles. The fourth-order valence-corrected chi connectivity index (χ4v) is 1.57. The third-order valence-corrected chi connectivity index (χ3v) is 2.37. The van der Waals surface area contributed by atoms with Crippen LogP contribution in [0.3, 0.4) is 0 Å². The van der Waals surface area contributed by atoms with E-state index >= 15 is 0 Å². The summed E-state index contributed by atoms with van der Waals surface area (Å²) in [5.41, 5.74) is 6.84. The summed E-state index contributed by atoms with van der Waals surface area (Å²) in [5, 5.41) is 0.881. The summed E-state index contributed by atoms with van der Waals surface area (Å²) in [6.45, 7) is 0.0268. The lowest BCUT2D eigenvalue weighted by molar-refractivity contribution is 0.100. The minimum Gasteiger partial charge on any atom is -0.497 e. The van der Waals surface area contributed by atoms with Crippen LogP contribution in [0, 0.1) is 0 Å². The average Bonchev–Trinajstić information content (AvgIpc) is 2.70. The van der Waals surface area contributed by atoms with Crippen LogP contribution in [0.15, 0.2) is 24.4 Å². The number of nitrogens with one attached hydrogen (secondary N) is 1. The van der Waals surface area contributed by atoms with Crippen LogP contribution in [-0.4, -0.2) is 24.4 Å². The van der Waals surface area contributed by atoms with Crippen molar-refractivity contribution in [1.29, 1.82) is 0 Å². The second kappa shape index (κ2) is 3.74. The first-order chi connectivity index (χ1) is 7.26. The van der Waals surface area contributed by atoms with E-state index in [9.17, 15) is 4.79 Å². The van der Waals surface area contributed by atoms with Crippen molar-refractivity contribution in [3.63, 3.8) is 0 Å². The highest BCUT2D eigenvalue weighted by molar-refractivity contribution is 6.08. The molecule has 0 spiro atoms. The lowest BCUT2D eigenvalue weighted by Crippen LogP contribution is -2.12. The molecule has 0 fully saturated rings. The third kappa shape index (κ3) is 1.59. The molecule has 0 atom stereocenters. The first-order valence-electron chi connectivity index (χ1n) is 4.64. The van der Waals surface area contributed by atoms with Crippen molar-refractivity contribution in [1.82, 2.24) is 4.98 Å². The van der Waals surface area contributed by atoms with E-state index < -0.39 is 0 Å². The number of aromatic nitrogens is 1. The van der Waals surface area contributed by atoms with Gasteiger partial charge in [0.2, 0.25) is 0 Å². The molecule has 4 nitrogen and oxygen atoms in total. The van der Waals surface area contributed by atoms with Crippen LogP contribution >= 0.6 is 0 Å². The van der Waals surface area contributed by atoms with Gasteiger partial charge >= 0.3 is 0 Å². The molecule has 0 radical (unpaired) electrons. The number of ketones is 1. The van der Waals surface area contributed by atoms with Crippen molar-refractivity contribution in [3.8, 4) is 5.75 Å². The normalized spacial score (nSPS) is 10.5. The number of hydrogen-bond acceptors (Lipinski definition) is 3. The average molecular weight is 204 g/mol. The zero-order valence-corrected chi connectivity index (χ0v) is 8.41. The first-order valence-corrected chi connectivity index (χ1v) is 4.64. The number of nitrogens with two attached hydrogens (primary N) is 1. The fourth-order valence-electron chi connectivity index (χ4n) is 1.57. The number of Topliss-reactive ketones (excluding diaryl/α,β-unsaturated/α-hetero) is 1. The molecular weight excluding hydrogens is 192 g/mol. The van der Waals surface area contributed by atoms with Crippen molar-refractivity contribution < 1.29 is 9.53 Å².